The molecule has 1 heterocycles. The van der Waals surface area contributed by atoms with E-state index in [9.17, 15) is 9.59 Å². The minimum absolute atomic E-state index is 0.113. The lowest BCUT2D eigenvalue weighted by Gasteiger charge is -2.18. The van der Waals surface area contributed by atoms with Crippen molar-refractivity contribution in [3.05, 3.63) is 74.3 Å². The highest BCUT2D eigenvalue weighted by atomic mass is 79.9. The van der Waals surface area contributed by atoms with Gasteiger partial charge >= 0.3 is 5.97 Å². The van der Waals surface area contributed by atoms with Crippen molar-refractivity contribution in [3.63, 3.8) is 0 Å². The van der Waals surface area contributed by atoms with Crippen molar-refractivity contribution in [1.29, 1.82) is 0 Å². The monoisotopic (exact) mass is 480 g/mol. The highest BCUT2D eigenvalue weighted by Gasteiger charge is 2.25. The van der Waals surface area contributed by atoms with Crippen LogP contribution in [0.2, 0.25) is 10.0 Å². The highest BCUT2D eigenvalue weighted by molar-refractivity contribution is 9.10. The van der Waals surface area contributed by atoms with Crippen molar-refractivity contribution in [2.45, 2.75) is 12.5 Å². The Labute approximate surface area is 180 Å². The van der Waals surface area contributed by atoms with Gasteiger partial charge in [-0.25, -0.2) is 4.79 Å². The number of rotatable bonds is 5. The summed E-state index contributed by atoms with van der Waals surface area (Å²) in [5.74, 6) is -1.12. The molecular weight excluding hydrogens is 467 g/mol. The van der Waals surface area contributed by atoms with Gasteiger partial charge in [0.2, 0.25) is 0 Å². The first-order chi connectivity index (χ1) is 13.4. The van der Waals surface area contributed by atoms with Crippen molar-refractivity contribution in [3.8, 4) is 0 Å². The standard InChI is InChI=1S/C20H15BrCl2N2O3/c1-28-20(27)16(25-19(26)17-14(22)5-2-6-15(17)23)10-11-7-8-13(21)18-12(11)4-3-9-24-18/h2-9,16H,10H2,1H3,(H,25,26)/t16-/m0/s1. The number of fused-ring (bicyclic) bond motifs is 1. The van der Waals surface area contributed by atoms with Crippen LogP contribution in [0.4, 0.5) is 0 Å². The van der Waals surface area contributed by atoms with E-state index in [1.165, 1.54) is 7.11 Å². The van der Waals surface area contributed by atoms with Crippen molar-refractivity contribution < 1.29 is 14.3 Å². The summed E-state index contributed by atoms with van der Waals surface area (Å²) in [5, 5.41) is 3.95. The predicted octanol–water partition coefficient (Wildman–Crippen LogP) is 4.82. The van der Waals surface area contributed by atoms with Crippen LogP contribution in [0.25, 0.3) is 10.9 Å². The third-order valence-corrected chi connectivity index (χ3v) is 5.49. The molecule has 0 unspecified atom stereocenters. The summed E-state index contributed by atoms with van der Waals surface area (Å²) >= 11 is 15.7. The molecule has 0 bridgehead atoms. The molecule has 1 amide bonds. The van der Waals surface area contributed by atoms with E-state index < -0.39 is 17.9 Å². The molecule has 0 aliphatic carbocycles. The van der Waals surface area contributed by atoms with Crippen LogP contribution in [-0.2, 0) is 16.0 Å². The van der Waals surface area contributed by atoms with Gasteiger partial charge in [0.05, 0.1) is 28.2 Å². The number of carbonyl (C=O) groups excluding carboxylic acids is 2. The van der Waals surface area contributed by atoms with Crippen molar-refractivity contribution in [2.24, 2.45) is 0 Å². The molecule has 0 aliphatic rings. The van der Waals surface area contributed by atoms with E-state index >= 15 is 0 Å². The average molecular weight is 482 g/mol. The third-order valence-electron chi connectivity index (χ3n) is 4.22. The second-order valence-corrected chi connectivity index (χ2v) is 7.62. The summed E-state index contributed by atoms with van der Waals surface area (Å²) in [7, 11) is 1.27. The van der Waals surface area contributed by atoms with Crippen LogP contribution >= 0.6 is 39.1 Å². The van der Waals surface area contributed by atoms with Gasteiger partial charge in [0.25, 0.3) is 5.91 Å². The maximum atomic E-state index is 12.7. The Morgan fingerprint density at radius 2 is 1.86 bits per heavy atom. The molecule has 0 saturated carbocycles. The van der Waals surface area contributed by atoms with Crippen molar-refractivity contribution >= 4 is 61.9 Å². The number of hydrogen-bond donors (Lipinski definition) is 1. The van der Waals surface area contributed by atoms with Crippen LogP contribution in [0, 0.1) is 0 Å². The Bertz CT molecular complexity index is 1040. The second kappa shape index (κ2) is 8.90. The van der Waals surface area contributed by atoms with Crippen molar-refractivity contribution in [2.75, 3.05) is 7.11 Å². The molecule has 28 heavy (non-hydrogen) atoms. The van der Waals surface area contributed by atoms with Gasteiger partial charge < -0.3 is 10.1 Å². The molecule has 1 N–H and O–H groups in total. The molecule has 0 spiro atoms. The number of aromatic nitrogens is 1. The molecule has 0 saturated heterocycles. The van der Waals surface area contributed by atoms with Crippen LogP contribution in [0.3, 0.4) is 0 Å². The smallest absolute Gasteiger partial charge is 0.328 e. The molecule has 8 heteroatoms. The number of methoxy groups -OCH3 is 1. The van der Waals surface area contributed by atoms with E-state index in [0.717, 1.165) is 20.9 Å². The number of hydrogen-bond acceptors (Lipinski definition) is 4. The quantitative estimate of drug-likeness (QED) is 0.530. The summed E-state index contributed by atoms with van der Waals surface area (Å²) in [6.45, 7) is 0. The molecule has 5 nitrogen and oxygen atoms in total. The number of carbonyl (C=O) groups is 2. The first-order valence-corrected chi connectivity index (χ1v) is 9.82. The van der Waals surface area contributed by atoms with Gasteiger partial charge in [-0.15, -0.1) is 0 Å². The van der Waals surface area contributed by atoms with Crippen molar-refractivity contribution in [1.82, 2.24) is 10.3 Å². The molecule has 2 aromatic carbocycles. The van der Waals surface area contributed by atoms with Crippen LogP contribution in [0.5, 0.6) is 0 Å². The number of nitrogens with one attached hydrogen (secondary N) is 1. The number of halogens is 3. The number of benzene rings is 2. The summed E-state index contributed by atoms with van der Waals surface area (Å²) in [6.07, 6.45) is 1.91. The summed E-state index contributed by atoms with van der Waals surface area (Å²) in [5.41, 5.74) is 1.72. The van der Waals surface area contributed by atoms with Crippen LogP contribution in [-0.4, -0.2) is 30.0 Å². The Balaban J connectivity index is 1.93. The number of nitrogens with zero attached hydrogens (tertiary/aromatic N) is 1. The third kappa shape index (κ3) is 4.29. The van der Waals surface area contributed by atoms with Crippen LogP contribution in [0.1, 0.15) is 15.9 Å². The lowest BCUT2D eigenvalue weighted by Crippen LogP contribution is -2.43. The van der Waals surface area contributed by atoms with Gasteiger partial charge in [-0.05, 0) is 45.8 Å². The van der Waals surface area contributed by atoms with Crippen LogP contribution < -0.4 is 5.32 Å². The average Bonchev–Trinajstić information content (AvgIpc) is 2.69. The van der Waals surface area contributed by atoms with E-state index in [2.05, 4.69) is 26.2 Å². The molecule has 1 aromatic heterocycles. The first kappa shape index (κ1) is 20.6. The lowest BCUT2D eigenvalue weighted by molar-refractivity contribution is -0.142. The van der Waals surface area contributed by atoms with Gasteiger partial charge in [-0.2, -0.15) is 0 Å². The van der Waals surface area contributed by atoms with E-state index in [1.54, 1.807) is 24.4 Å². The topological polar surface area (TPSA) is 68.3 Å². The highest BCUT2D eigenvalue weighted by Crippen LogP contribution is 2.27. The number of amides is 1. The van der Waals surface area contributed by atoms with Gasteiger partial charge in [0, 0.05) is 22.5 Å². The predicted molar refractivity (Wildman–Crippen MR) is 113 cm³/mol. The number of pyridine rings is 1. The van der Waals surface area contributed by atoms with E-state index in [0.29, 0.717) is 0 Å². The minimum Gasteiger partial charge on any atom is -0.467 e. The summed E-state index contributed by atoms with van der Waals surface area (Å²) < 4.78 is 5.71. The Hall–Kier alpha value is -2.15. The van der Waals surface area contributed by atoms with Gasteiger partial charge in [0.1, 0.15) is 6.04 Å². The Morgan fingerprint density at radius 1 is 1.14 bits per heavy atom. The fraction of sp³-hybridized carbons (Fsp3) is 0.150. The van der Waals surface area contributed by atoms with Gasteiger partial charge in [-0.3, -0.25) is 9.78 Å². The molecular formula is C20H15BrCl2N2O3. The van der Waals surface area contributed by atoms with E-state index in [4.69, 9.17) is 27.9 Å². The summed E-state index contributed by atoms with van der Waals surface area (Å²) in [6, 6.07) is 11.3. The Kier molecular flexibility index (Phi) is 6.54. The SMILES string of the molecule is COC(=O)[C@H](Cc1ccc(Br)c2ncccc12)NC(=O)c1c(Cl)cccc1Cl. The largest absolute Gasteiger partial charge is 0.467 e. The molecule has 3 rings (SSSR count). The first-order valence-electron chi connectivity index (χ1n) is 8.27. The fourth-order valence-electron chi connectivity index (χ4n) is 2.88. The fourth-order valence-corrected chi connectivity index (χ4v) is 3.89. The molecule has 0 aliphatic heterocycles. The van der Waals surface area contributed by atoms with Gasteiger partial charge in [-0.1, -0.05) is 41.4 Å². The maximum absolute atomic E-state index is 12.7. The molecule has 3 aromatic rings. The normalized spacial score (nSPS) is 11.9. The summed E-state index contributed by atoms with van der Waals surface area (Å²) in [4.78, 5) is 29.4. The number of ether oxygens (including phenoxy) is 1. The molecule has 0 radical (unpaired) electrons. The zero-order valence-electron chi connectivity index (χ0n) is 14.7. The van der Waals surface area contributed by atoms with E-state index in [1.807, 2.05) is 24.3 Å². The van der Waals surface area contributed by atoms with E-state index in [-0.39, 0.29) is 22.0 Å². The zero-order valence-corrected chi connectivity index (χ0v) is 17.8. The molecule has 1 atom stereocenters. The minimum atomic E-state index is -0.922. The lowest BCUT2D eigenvalue weighted by atomic mass is 10.0. The maximum Gasteiger partial charge on any atom is 0.328 e. The number of esters is 1. The molecule has 144 valence electrons. The van der Waals surface area contributed by atoms with Gasteiger partial charge in [0.15, 0.2) is 0 Å². The zero-order chi connectivity index (χ0) is 20.3. The molecule has 0 fully saturated rings. The van der Waals surface area contributed by atoms with Crippen LogP contribution in [0.15, 0.2) is 53.1 Å². The Morgan fingerprint density at radius 3 is 2.54 bits per heavy atom. The second-order valence-electron chi connectivity index (χ2n) is 5.96.